The molecule has 1 aromatic carbocycles. The van der Waals surface area contributed by atoms with Crippen LogP contribution in [-0.4, -0.2) is 10.7 Å². The van der Waals surface area contributed by atoms with Crippen LogP contribution in [0.25, 0.3) is 0 Å². The molecule has 0 aliphatic heterocycles. The third-order valence-electron chi connectivity index (χ3n) is 4.51. The van der Waals surface area contributed by atoms with Gasteiger partial charge in [0.15, 0.2) is 0 Å². The molecule has 2 rings (SSSR count). The maximum atomic E-state index is 11.1. The molecule has 19 heavy (non-hydrogen) atoms. The van der Waals surface area contributed by atoms with Crippen molar-refractivity contribution in [2.24, 2.45) is 5.41 Å². The first-order valence-corrected chi connectivity index (χ1v) is 7.68. The van der Waals surface area contributed by atoms with Gasteiger partial charge in [-0.05, 0) is 36.7 Å². The zero-order valence-electron chi connectivity index (χ0n) is 12.7. The van der Waals surface area contributed by atoms with Crippen molar-refractivity contribution in [1.29, 1.82) is 0 Å². The Morgan fingerprint density at radius 2 is 1.84 bits per heavy atom. The van der Waals surface area contributed by atoms with Gasteiger partial charge in [0.2, 0.25) is 0 Å². The van der Waals surface area contributed by atoms with Crippen LogP contribution in [0, 0.1) is 5.41 Å². The first-order chi connectivity index (χ1) is 8.91. The molecular formula is C18H28O. The van der Waals surface area contributed by atoms with Crippen molar-refractivity contribution in [1.82, 2.24) is 0 Å². The molecule has 1 aliphatic rings. The van der Waals surface area contributed by atoms with Crippen molar-refractivity contribution < 1.29 is 5.11 Å². The summed E-state index contributed by atoms with van der Waals surface area (Å²) in [4.78, 5) is 0. The molecule has 0 bridgehead atoms. The van der Waals surface area contributed by atoms with Crippen molar-refractivity contribution in [3.63, 3.8) is 0 Å². The summed E-state index contributed by atoms with van der Waals surface area (Å²) in [7, 11) is 0. The Kier molecular flexibility index (Phi) is 4.35. The van der Waals surface area contributed by atoms with Crippen molar-refractivity contribution in [2.45, 2.75) is 70.8 Å². The second-order valence-corrected chi connectivity index (χ2v) is 7.37. The molecule has 1 heteroatoms. The monoisotopic (exact) mass is 260 g/mol. The van der Waals surface area contributed by atoms with Crippen LogP contribution in [0.4, 0.5) is 0 Å². The lowest BCUT2D eigenvalue weighted by Gasteiger charge is -2.42. The number of hydrogen-bond acceptors (Lipinski definition) is 1. The summed E-state index contributed by atoms with van der Waals surface area (Å²) >= 11 is 0. The van der Waals surface area contributed by atoms with Crippen LogP contribution in [0.5, 0.6) is 0 Å². The summed E-state index contributed by atoms with van der Waals surface area (Å²) in [5, 5.41) is 11.1. The zero-order chi connectivity index (χ0) is 13.9. The van der Waals surface area contributed by atoms with Crippen LogP contribution < -0.4 is 0 Å². The van der Waals surface area contributed by atoms with Crippen LogP contribution in [0.1, 0.15) is 70.8 Å². The normalized spacial score (nSPS) is 28.3. The maximum absolute atomic E-state index is 11.1. The van der Waals surface area contributed by atoms with E-state index in [2.05, 4.69) is 51.1 Å². The van der Waals surface area contributed by atoms with E-state index in [0.29, 0.717) is 11.3 Å². The van der Waals surface area contributed by atoms with Crippen molar-refractivity contribution >= 4 is 0 Å². The molecule has 0 spiro atoms. The molecule has 1 aromatic rings. The smallest absolute Gasteiger partial charge is 0.0716 e. The zero-order valence-corrected chi connectivity index (χ0v) is 12.7. The van der Waals surface area contributed by atoms with Crippen LogP contribution >= 0.6 is 0 Å². The first kappa shape index (κ1) is 14.6. The molecule has 1 aliphatic carbocycles. The van der Waals surface area contributed by atoms with Gasteiger partial charge < -0.3 is 5.11 Å². The van der Waals surface area contributed by atoms with E-state index in [1.807, 2.05) is 0 Å². The van der Waals surface area contributed by atoms with E-state index in [0.717, 1.165) is 25.7 Å². The van der Waals surface area contributed by atoms with Gasteiger partial charge in [0.05, 0.1) is 5.60 Å². The molecular weight excluding hydrogens is 232 g/mol. The average Bonchev–Trinajstić information content (AvgIpc) is 2.37. The van der Waals surface area contributed by atoms with Gasteiger partial charge in [0, 0.05) is 5.92 Å². The highest BCUT2D eigenvalue weighted by Crippen LogP contribution is 2.44. The van der Waals surface area contributed by atoms with Crippen molar-refractivity contribution in [2.75, 3.05) is 0 Å². The lowest BCUT2D eigenvalue weighted by molar-refractivity contribution is -0.0321. The maximum Gasteiger partial charge on any atom is 0.0716 e. The SMILES string of the molecule is CC(C)(C)CCC1(O)CCCCC1c1ccccc1. The Bertz CT molecular complexity index is 390. The van der Waals surface area contributed by atoms with Crippen molar-refractivity contribution in [3.8, 4) is 0 Å². The fourth-order valence-corrected chi connectivity index (χ4v) is 3.28. The van der Waals surface area contributed by atoms with Gasteiger partial charge >= 0.3 is 0 Å². The molecule has 1 saturated carbocycles. The number of rotatable bonds is 3. The highest BCUT2D eigenvalue weighted by molar-refractivity contribution is 5.23. The van der Waals surface area contributed by atoms with Gasteiger partial charge in [-0.3, -0.25) is 0 Å². The number of aliphatic hydroxyl groups is 1. The van der Waals surface area contributed by atoms with Crippen LogP contribution in [-0.2, 0) is 0 Å². The van der Waals surface area contributed by atoms with Gasteiger partial charge in [-0.25, -0.2) is 0 Å². The standard InChI is InChI=1S/C18H28O/c1-17(2,3)13-14-18(19)12-8-7-11-16(18)15-9-5-4-6-10-15/h4-6,9-10,16,19H,7-8,11-14H2,1-3H3. The number of hydrogen-bond donors (Lipinski definition) is 1. The second kappa shape index (κ2) is 5.66. The van der Waals surface area contributed by atoms with E-state index >= 15 is 0 Å². The minimum atomic E-state index is -0.493. The lowest BCUT2D eigenvalue weighted by atomic mass is 9.68. The Hall–Kier alpha value is -0.820. The molecule has 1 N–H and O–H groups in total. The Labute approximate surface area is 118 Å². The van der Waals surface area contributed by atoms with E-state index < -0.39 is 5.60 Å². The van der Waals surface area contributed by atoms with Crippen LogP contribution in [0.2, 0.25) is 0 Å². The predicted molar refractivity (Wildman–Crippen MR) is 81.3 cm³/mol. The average molecular weight is 260 g/mol. The molecule has 0 amide bonds. The summed E-state index contributed by atoms with van der Waals surface area (Å²) in [5.74, 6) is 0.324. The highest BCUT2D eigenvalue weighted by atomic mass is 16.3. The minimum absolute atomic E-state index is 0.300. The second-order valence-electron chi connectivity index (χ2n) is 7.37. The first-order valence-electron chi connectivity index (χ1n) is 7.68. The van der Waals surface area contributed by atoms with Gasteiger partial charge in [-0.1, -0.05) is 63.9 Å². The van der Waals surface area contributed by atoms with Gasteiger partial charge in [-0.15, -0.1) is 0 Å². The van der Waals surface area contributed by atoms with Crippen LogP contribution in [0.3, 0.4) is 0 Å². The van der Waals surface area contributed by atoms with E-state index in [1.165, 1.54) is 18.4 Å². The molecule has 0 radical (unpaired) electrons. The van der Waals surface area contributed by atoms with Gasteiger partial charge in [0.25, 0.3) is 0 Å². The molecule has 106 valence electrons. The van der Waals surface area contributed by atoms with E-state index in [9.17, 15) is 5.11 Å². The Morgan fingerprint density at radius 3 is 2.47 bits per heavy atom. The van der Waals surface area contributed by atoms with Crippen LogP contribution in [0.15, 0.2) is 30.3 Å². The lowest BCUT2D eigenvalue weighted by Crippen LogP contribution is -2.39. The summed E-state index contributed by atoms with van der Waals surface area (Å²) in [6.07, 6.45) is 6.53. The molecule has 1 nitrogen and oxygen atoms in total. The fraction of sp³-hybridized carbons (Fsp3) is 0.667. The van der Waals surface area contributed by atoms with E-state index in [4.69, 9.17) is 0 Å². The summed E-state index contributed by atoms with van der Waals surface area (Å²) in [6.45, 7) is 6.78. The number of benzene rings is 1. The van der Waals surface area contributed by atoms with E-state index in [1.54, 1.807) is 0 Å². The van der Waals surface area contributed by atoms with Gasteiger partial charge in [-0.2, -0.15) is 0 Å². The third kappa shape index (κ3) is 3.82. The van der Waals surface area contributed by atoms with Crippen molar-refractivity contribution in [3.05, 3.63) is 35.9 Å². The molecule has 0 heterocycles. The quantitative estimate of drug-likeness (QED) is 0.819. The molecule has 1 fully saturated rings. The molecule has 0 saturated heterocycles. The Morgan fingerprint density at radius 1 is 1.16 bits per heavy atom. The molecule has 0 aromatic heterocycles. The summed E-state index contributed by atoms with van der Waals surface area (Å²) in [5.41, 5.74) is 1.13. The predicted octanol–water partition coefficient (Wildman–Crippen LogP) is 4.90. The Balaban J connectivity index is 2.15. The minimum Gasteiger partial charge on any atom is -0.389 e. The van der Waals surface area contributed by atoms with E-state index in [-0.39, 0.29) is 0 Å². The summed E-state index contributed by atoms with van der Waals surface area (Å²) < 4.78 is 0. The molecule has 2 atom stereocenters. The van der Waals surface area contributed by atoms with Gasteiger partial charge in [0.1, 0.15) is 0 Å². The fourth-order valence-electron chi connectivity index (χ4n) is 3.28. The largest absolute Gasteiger partial charge is 0.389 e. The topological polar surface area (TPSA) is 20.2 Å². The molecule has 2 unspecified atom stereocenters. The summed E-state index contributed by atoms with van der Waals surface area (Å²) in [6, 6.07) is 10.6. The highest BCUT2D eigenvalue weighted by Gasteiger charge is 2.39. The third-order valence-corrected chi connectivity index (χ3v) is 4.51.